The zero-order chi connectivity index (χ0) is 12.1. The van der Waals surface area contributed by atoms with E-state index in [9.17, 15) is 4.79 Å². The first-order valence-corrected chi connectivity index (χ1v) is 6.88. The number of carbonyl (C=O) groups is 1. The molecule has 1 saturated carbocycles. The highest BCUT2D eigenvalue weighted by atomic mass is 35.5. The molecule has 1 amide bonds. The van der Waals surface area contributed by atoms with Crippen LogP contribution in [-0.4, -0.2) is 30.7 Å². The minimum atomic E-state index is -0.606. The number of rotatable bonds is 2. The lowest BCUT2D eigenvalue weighted by molar-refractivity contribution is -0.128. The summed E-state index contributed by atoms with van der Waals surface area (Å²) in [6.07, 6.45) is 8.01. The van der Waals surface area contributed by atoms with Gasteiger partial charge >= 0.3 is 0 Å². The van der Waals surface area contributed by atoms with E-state index >= 15 is 0 Å². The molecule has 0 aromatic rings. The average molecular weight is 277 g/mol. The van der Waals surface area contributed by atoms with Gasteiger partial charge in [-0.25, -0.2) is 0 Å². The molecule has 1 unspecified atom stereocenters. The molecule has 0 spiro atoms. The van der Waals surface area contributed by atoms with Gasteiger partial charge in [0.2, 0.25) is 5.91 Å². The molecule has 1 atom stereocenters. The number of hydrogen-bond acceptors (Lipinski definition) is 3. The molecule has 1 heterocycles. The van der Waals surface area contributed by atoms with Crippen molar-refractivity contribution < 1.29 is 9.53 Å². The molecule has 5 heteroatoms. The van der Waals surface area contributed by atoms with Gasteiger partial charge in [0.1, 0.15) is 0 Å². The Kier molecular flexibility index (Phi) is 6.39. The van der Waals surface area contributed by atoms with E-state index in [0.717, 1.165) is 58.2 Å². The Bertz CT molecular complexity index is 260. The van der Waals surface area contributed by atoms with E-state index in [4.69, 9.17) is 10.5 Å². The van der Waals surface area contributed by atoms with Crippen LogP contribution in [0.4, 0.5) is 0 Å². The number of hydrogen-bond donors (Lipinski definition) is 2. The molecule has 1 saturated heterocycles. The fourth-order valence-electron chi connectivity index (χ4n) is 2.79. The van der Waals surface area contributed by atoms with E-state index in [0.29, 0.717) is 0 Å². The van der Waals surface area contributed by atoms with E-state index < -0.39 is 5.54 Å². The average Bonchev–Trinajstić information content (AvgIpc) is 2.58. The van der Waals surface area contributed by atoms with Gasteiger partial charge < -0.3 is 15.8 Å². The van der Waals surface area contributed by atoms with Gasteiger partial charge in [0.25, 0.3) is 0 Å². The summed E-state index contributed by atoms with van der Waals surface area (Å²) in [5, 5.41) is 3.13. The van der Waals surface area contributed by atoms with Gasteiger partial charge in [-0.3, -0.25) is 4.79 Å². The summed E-state index contributed by atoms with van der Waals surface area (Å²) in [6.45, 7) is 1.57. The summed E-state index contributed by atoms with van der Waals surface area (Å²) >= 11 is 0. The minimum absolute atomic E-state index is 0. The van der Waals surface area contributed by atoms with Crippen molar-refractivity contribution in [1.82, 2.24) is 5.32 Å². The van der Waals surface area contributed by atoms with Gasteiger partial charge in [-0.05, 0) is 32.1 Å². The van der Waals surface area contributed by atoms with Crippen LogP contribution in [0.1, 0.15) is 51.4 Å². The third kappa shape index (κ3) is 4.11. The predicted octanol–water partition coefficient (Wildman–Crippen LogP) is 1.76. The SMILES string of the molecule is Cl.NC1(C(=O)NC2CCCOCC2)CCCCC1. The summed E-state index contributed by atoms with van der Waals surface area (Å²) < 4.78 is 5.39. The van der Waals surface area contributed by atoms with E-state index in [-0.39, 0.29) is 24.4 Å². The molecular weight excluding hydrogens is 252 g/mol. The normalized spacial score (nSPS) is 27.7. The maximum absolute atomic E-state index is 12.2. The van der Waals surface area contributed by atoms with Crippen LogP contribution in [0, 0.1) is 0 Å². The lowest BCUT2D eigenvalue weighted by atomic mass is 9.81. The maximum Gasteiger partial charge on any atom is 0.240 e. The molecule has 18 heavy (non-hydrogen) atoms. The molecule has 0 aromatic heterocycles. The van der Waals surface area contributed by atoms with Crippen LogP contribution in [0.5, 0.6) is 0 Å². The molecule has 3 N–H and O–H groups in total. The summed E-state index contributed by atoms with van der Waals surface area (Å²) in [6, 6.07) is 0.257. The second-order valence-electron chi connectivity index (χ2n) is 5.43. The molecule has 106 valence electrons. The zero-order valence-corrected chi connectivity index (χ0v) is 11.8. The van der Waals surface area contributed by atoms with Crippen LogP contribution in [0.2, 0.25) is 0 Å². The van der Waals surface area contributed by atoms with Crippen molar-refractivity contribution in [3.05, 3.63) is 0 Å². The fourth-order valence-corrected chi connectivity index (χ4v) is 2.79. The topological polar surface area (TPSA) is 64.4 Å². The zero-order valence-electron chi connectivity index (χ0n) is 11.0. The van der Waals surface area contributed by atoms with Crippen LogP contribution >= 0.6 is 12.4 Å². The summed E-state index contributed by atoms with van der Waals surface area (Å²) in [5.41, 5.74) is 5.61. The predicted molar refractivity (Wildman–Crippen MR) is 73.9 cm³/mol. The second kappa shape index (κ2) is 7.31. The third-order valence-corrected chi connectivity index (χ3v) is 3.99. The Morgan fingerprint density at radius 3 is 2.56 bits per heavy atom. The molecule has 2 rings (SSSR count). The minimum Gasteiger partial charge on any atom is -0.381 e. The molecule has 2 fully saturated rings. The number of nitrogens with two attached hydrogens (primary N) is 1. The number of nitrogens with one attached hydrogen (secondary N) is 1. The lowest BCUT2D eigenvalue weighted by Crippen LogP contribution is -2.57. The van der Waals surface area contributed by atoms with Crippen molar-refractivity contribution >= 4 is 18.3 Å². The first-order chi connectivity index (χ1) is 8.21. The van der Waals surface area contributed by atoms with Crippen molar-refractivity contribution in [1.29, 1.82) is 0 Å². The second-order valence-corrected chi connectivity index (χ2v) is 5.43. The van der Waals surface area contributed by atoms with E-state index in [1.165, 1.54) is 6.42 Å². The first-order valence-electron chi connectivity index (χ1n) is 6.88. The highest BCUT2D eigenvalue weighted by Gasteiger charge is 2.36. The van der Waals surface area contributed by atoms with Crippen LogP contribution in [-0.2, 0) is 9.53 Å². The fraction of sp³-hybridized carbons (Fsp3) is 0.923. The first kappa shape index (κ1) is 15.7. The van der Waals surface area contributed by atoms with Crippen LogP contribution in [0.3, 0.4) is 0 Å². The third-order valence-electron chi connectivity index (χ3n) is 3.99. The lowest BCUT2D eigenvalue weighted by Gasteiger charge is -2.33. The monoisotopic (exact) mass is 276 g/mol. The van der Waals surface area contributed by atoms with E-state index in [2.05, 4.69) is 5.32 Å². The highest BCUT2D eigenvalue weighted by Crippen LogP contribution is 2.26. The smallest absolute Gasteiger partial charge is 0.240 e. The van der Waals surface area contributed by atoms with Gasteiger partial charge in [0, 0.05) is 19.3 Å². The Labute approximate surface area is 115 Å². The molecule has 1 aliphatic heterocycles. The van der Waals surface area contributed by atoms with Crippen LogP contribution < -0.4 is 11.1 Å². The van der Waals surface area contributed by atoms with E-state index in [1.54, 1.807) is 0 Å². The van der Waals surface area contributed by atoms with Crippen LogP contribution in [0.25, 0.3) is 0 Å². The Morgan fingerprint density at radius 2 is 1.83 bits per heavy atom. The van der Waals surface area contributed by atoms with Gasteiger partial charge in [-0.15, -0.1) is 12.4 Å². The molecule has 0 bridgehead atoms. The Hall–Kier alpha value is -0.320. The molecule has 1 aliphatic carbocycles. The Morgan fingerprint density at radius 1 is 1.11 bits per heavy atom. The molecule has 0 aromatic carbocycles. The van der Waals surface area contributed by atoms with Crippen molar-refractivity contribution in [2.75, 3.05) is 13.2 Å². The molecule has 2 aliphatic rings. The molecule has 0 radical (unpaired) electrons. The van der Waals surface area contributed by atoms with E-state index in [1.807, 2.05) is 0 Å². The molecular formula is C13H25ClN2O2. The van der Waals surface area contributed by atoms with Crippen molar-refractivity contribution in [3.63, 3.8) is 0 Å². The van der Waals surface area contributed by atoms with Gasteiger partial charge in [-0.2, -0.15) is 0 Å². The van der Waals surface area contributed by atoms with Gasteiger partial charge in [-0.1, -0.05) is 19.3 Å². The highest BCUT2D eigenvalue weighted by molar-refractivity contribution is 5.86. The molecule has 4 nitrogen and oxygen atoms in total. The Balaban J connectivity index is 0.00000162. The van der Waals surface area contributed by atoms with Crippen molar-refractivity contribution in [3.8, 4) is 0 Å². The number of halogens is 1. The maximum atomic E-state index is 12.2. The summed E-state index contributed by atoms with van der Waals surface area (Å²) in [7, 11) is 0. The quantitative estimate of drug-likeness (QED) is 0.808. The van der Waals surface area contributed by atoms with Gasteiger partial charge in [0.15, 0.2) is 0 Å². The summed E-state index contributed by atoms with van der Waals surface area (Å²) in [5.74, 6) is 0.0594. The number of amides is 1. The largest absolute Gasteiger partial charge is 0.381 e. The van der Waals surface area contributed by atoms with Crippen LogP contribution in [0.15, 0.2) is 0 Å². The summed E-state index contributed by atoms with van der Waals surface area (Å²) in [4.78, 5) is 12.2. The number of ether oxygens (including phenoxy) is 1. The number of carbonyl (C=O) groups excluding carboxylic acids is 1. The van der Waals surface area contributed by atoms with Crippen molar-refractivity contribution in [2.24, 2.45) is 5.73 Å². The standard InChI is InChI=1S/C13H24N2O2.ClH/c14-13(7-2-1-3-8-13)12(16)15-11-5-4-9-17-10-6-11;/h11H,1-10,14H2,(H,15,16);1H. The van der Waals surface area contributed by atoms with Gasteiger partial charge in [0.05, 0.1) is 5.54 Å². The van der Waals surface area contributed by atoms with Crippen molar-refractivity contribution in [2.45, 2.75) is 62.9 Å².